The molecule has 0 amide bonds. The summed E-state index contributed by atoms with van der Waals surface area (Å²) in [4.78, 5) is 1.92. The molecule has 0 aliphatic heterocycles. The Kier molecular flexibility index (Phi) is 4.35. The summed E-state index contributed by atoms with van der Waals surface area (Å²) >= 11 is 1.54. The van der Waals surface area contributed by atoms with Crippen LogP contribution in [-0.2, 0) is 0 Å². The molecule has 0 aliphatic rings. The summed E-state index contributed by atoms with van der Waals surface area (Å²) in [5.41, 5.74) is 3.58. The van der Waals surface area contributed by atoms with Gasteiger partial charge >= 0.3 is 0 Å². The average Bonchev–Trinajstić information content (AvgIpc) is 3.09. The molecule has 0 N–H and O–H groups in total. The third-order valence-corrected chi connectivity index (χ3v) is 5.36. The van der Waals surface area contributed by atoms with E-state index in [0.29, 0.717) is 0 Å². The minimum absolute atomic E-state index is 0.289. The third-order valence-electron chi connectivity index (χ3n) is 4.12. The predicted octanol–water partition coefficient (Wildman–Crippen LogP) is 7.17. The zero-order chi connectivity index (χ0) is 18.1. The fourth-order valence-electron chi connectivity index (χ4n) is 2.81. The molecule has 0 spiro atoms. The Morgan fingerprint density at radius 2 is 0.923 bits per heavy atom. The molecule has 26 heavy (non-hydrogen) atoms. The van der Waals surface area contributed by atoms with Crippen molar-refractivity contribution in [3.63, 3.8) is 0 Å². The van der Waals surface area contributed by atoms with Crippen molar-refractivity contribution >= 4 is 11.3 Å². The Bertz CT molecular complexity index is 967. The first-order valence-corrected chi connectivity index (χ1v) is 8.83. The monoisotopic (exact) mass is 366 g/mol. The maximum absolute atomic E-state index is 13.3. The van der Waals surface area contributed by atoms with Gasteiger partial charge in [0.25, 0.3) is 0 Å². The van der Waals surface area contributed by atoms with Crippen LogP contribution >= 0.6 is 11.3 Å². The van der Waals surface area contributed by atoms with Crippen molar-refractivity contribution in [2.45, 2.75) is 0 Å². The van der Waals surface area contributed by atoms with Gasteiger partial charge in [-0.25, -0.2) is 13.2 Å². The van der Waals surface area contributed by atoms with Gasteiger partial charge in [-0.2, -0.15) is 0 Å². The highest BCUT2D eigenvalue weighted by Crippen LogP contribution is 2.43. The largest absolute Gasteiger partial charge is 0.207 e. The molecule has 3 aromatic carbocycles. The second-order valence-corrected chi connectivity index (χ2v) is 6.93. The molecular formula is C22H13F3S. The van der Waals surface area contributed by atoms with Crippen molar-refractivity contribution in [3.05, 3.63) is 96.3 Å². The van der Waals surface area contributed by atoms with Gasteiger partial charge in [-0.3, -0.25) is 0 Å². The van der Waals surface area contributed by atoms with Gasteiger partial charge in [0.05, 0.1) is 0 Å². The van der Waals surface area contributed by atoms with Crippen LogP contribution in [-0.4, -0.2) is 0 Å². The Morgan fingerprint density at radius 1 is 0.500 bits per heavy atom. The van der Waals surface area contributed by atoms with Gasteiger partial charge in [-0.15, -0.1) is 11.3 Å². The van der Waals surface area contributed by atoms with Gasteiger partial charge in [-0.1, -0.05) is 36.4 Å². The van der Waals surface area contributed by atoms with E-state index in [4.69, 9.17) is 0 Å². The smallest absolute Gasteiger partial charge is 0.123 e. The Morgan fingerprint density at radius 3 is 1.42 bits per heavy atom. The molecule has 0 saturated heterocycles. The highest BCUT2D eigenvalue weighted by Gasteiger charge is 2.14. The Labute approximate surface area is 153 Å². The number of rotatable bonds is 3. The van der Waals surface area contributed by atoms with E-state index in [1.807, 2.05) is 6.07 Å². The summed E-state index contributed by atoms with van der Waals surface area (Å²) in [7, 11) is 0. The second kappa shape index (κ2) is 6.81. The maximum Gasteiger partial charge on any atom is 0.123 e. The molecule has 4 rings (SSSR count). The molecule has 0 fully saturated rings. The van der Waals surface area contributed by atoms with E-state index in [1.165, 1.54) is 47.7 Å². The fraction of sp³-hybridized carbons (Fsp3) is 0. The van der Waals surface area contributed by atoms with E-state index in [1.54, 1.807) is 36.4 Å². The van der Waals surface area contributed by atoms with Gasteiger partial charge < -0.3 is 0 Å². The number of halogens is 3. The molecule has 128 valence electrons. The molecule has 0 bridgehead atoms. The lowest BCUT2D eigenvalue weighted by Gasteiger charge is -2.04. The zero-order valence-electron chi connectivity index (χ0n) is 13.5. The van der Waals surface area contributed by atoms with E-state index in [2.05, 4.69) is 0 Å². The van der Waals surface area contributed by atoms with E-state index in [9.17, 15) is 13.2 Å². The second-order valence-electron chi connectivity index (χ2n) is 5.87. The van der Waals surface area contributed by atoms with Crippen molar-refractivity contribution in [1.82, 2.24) is 0 Å². The van der Waals surface area contributed by atoms with Gasteiger partial charge in [-0.05, 0) is 59.2 Å². The van der Waals surface area contributed by atoms with Crippen LogP contribution < -0.4 is 0 Å². The third kappa shape index (κ3) is 3.28. The van der Waals surface area contributed by atoms with Gasteiger partial charge in [0.1, 0.15) is 17.5 Å². The summed E-state index contributed by atoms with van der Waals surface area (Å²) in [6.07, 6.45) is 0. The summed E-state index contributed by atoms with van der Waals surface area (Å²) < 4.78 is 39.8. The first kappa shape index (κ1) is 16.6. The normalized spacial score (nSPS) is 10.9. The summed E-state index contributed by atoms with van der Waals surface area (Å²) in [6.45, 7) is 0. The molecule has 4 heteroatoms. The lowest BCUT2D eigenvalue weighted by atomic mass is 10.0. The van der Waals surface area contributed by atoms with Crippen molar-refractivity contribution in [2.24, 2.45) is 0 Å². The molecule has 1 heterocycles. The van der Waals surface area contributed by atoms with E-state index in [-0.39, 0.29) is 17.5 Å². The van der Waals surface area contributed by atoms with Crippen molar-refractivity contribution < 1.29 is 13.2 Å². The first-order chi connectivity index (χ1) is 12.6. The molecule has 1 aromatic heterocycles. The molecule has 0 unspecified atom stereocenters. The zero-order valence-corrected chi connectivity index (χ0v) is 14.4. The number of thiophene rings is 1. The molecule has 0 atom stereocenters. The lowest BCUT2D eigenvalue weighted by molar-refractivity contribution is 0.627. The summed E-state index contributed by atoms with van der Waals surface area (Å²) in [5.74, 6) is -0.888. The van der Waals surface area contributed by atoms with E-state index >= 15 is 0 Å². The fourth-order valence-corrected chi connectivity index (χ4v) is 4.00. The van der Waals surface area contributed by atoms with Crippen LogP contribution in [0.15, 0.2) is 78.9 Å². The van der Waals surface area contributed by atoms with Crippen LogP contribution in [0.2, 0.25) is 0 Å². The molecule has 0 saturated carbocycles. The molecule has 4 aromatic rings. The summed E-state index contributed by atoms with van der Waals surface area (Å²) in [6, 6.07) is 20.9. The van der Waals surface area contributed by atoms with Crippen LogP contribution in [0.4, 0.5) is 13.2 Å². The quantitative estimate of drug-likeness (QED) is 0.361. The van der Waals surface area contributed by atoms with Gasteiger partial charge in [0, 0.05) is 15.3 Å². The van der Waals surface area contributed by atoms with E-state index in [0.717, 1.165) is 32.0 Å². The highest BCUT2D eigenvalue weighted by atomic mass is 32.1. The van der Waals surface area contributed by atoms with Crippen LogP contribution in [0, 0.1) is 17.5 Å². The van der Waals surface area contributed by atoms with Gasteiger partial charge in [0.15, 0.2) is 0 Å². The van der Waals surface area contributed by atoms with Crippen LogP contribution in [0.3, 0.4) is 0 Å². The number of hydrogen-bond donors (Lipinski definition) is 0. The topological polar surface area (TPSA) is 0 Å². The average molecular weight is 366 g/mol. The molecule has 0 nitrogen and oxygen atoms in total. The number of benzene rings is 3. The first-order valence-electron chi connectivity index (χ1n) is 8.02. The van der Waals surface area contributed by atoms with Crippen LogP contribution in [0.5, 0.6) is 0 Å². The Hall–Kier alpha value is -2.85. The highest BCUT2D eigenvalue weighted by molar-refractivity contribution is 7.19. The molecule has 0 aliphatic carbocycles. The van der Waals surface area contributed by atoms with Gasteiger partial charge in [0.2, 0.25) is 0 Å². The standard InChI is InChI=1S/C22H13F3S/c23-17-7-1-14(2-8-17)20-13-21(15-3-9-18(24)10-4-15)26-22(20)16-5-11-19(25)12-6-16/h1-13H. The lowest BCUT2D eigenvalue weighted by Crippen LogP contribution is -1.81. The minimum atomic E-state index is -0.300. The Balaban J connectivity index is 1.88. The van der Waals surface area contributed by atoms with Crippen LogP contribution in [0.1, 0.15) is 0 Å². The molecule has 0 radical (unpaired) electrons. The van der Waals surface area contributed by atoms with Crippen molar-refractivity contribution in [1.29, 1.82) is 0 Å². The number of hydrogen-bond acceptors (Lipinski definition) is 1. The summed E-state index contributed by atoms with van der Waals surface area (Å²) in [5, 5.41) is 0. The van der Waals surface area contributed by atoms with Crippen molar-refractivity contribution in [3.8, 4) is 32.0 Å². The SMILES string of the molecule is Fc1ccc(-c2cc(-c3ccc(F)cc3)c(-c3ccc(F)cc3)s2)cc1. The van der Waals surface area contributed by atoms with Crippen LogP contribution in [0.25, 0.3) is 32.0 Å². The maximum atomic E-state index is 13.3. The van der Waals surface area contributed by atoms with Crippen molar-refractivity contribution in [2.75, 3.05) is 0 Å². The predicted molar refractivity (Wildman–Crippen MR) is 101 cm³/mol. The minimum Gasteiger partial charge on any atom is -0.207 e. The van der Waals surface area contributed by atoms with E-state index < -0.39 is 0 Å². The molecular weight excluding hydrogens is 353 g/mol.